The molecule has 0 saturated heterocycles. The number of nitrogens with zero attached hydrogens (tertiary/aromatic N) is 1. The average Bonchev–Trinajstić information content (AvgIpc) is 3.15. The van der Waals surface area contributed by atoms with Gasteiger partial charge in [0.05, 0.1) is 6.04 Å². The highest BCUT2D eigenvalue weighted by Gasteiger charge is 2.36. The Morgan fingerprint density at radius 2 is 1.37 bits per heavy atom. The molecule has 0 aliphatic carbocycles. The maximum absolute atomic E-state index is 13.4. The summed E-state index contributed by atoms with van der Waals surface area (Å²) in [7, 11) is 0. The molecule has 0 bridgehead atoms. The molecule has 0 fully saturated rings. The largest absolute Gasteiger partial charge is 0.573 e. The van der Waals surface area contributed by atoms with Crippen LogP contribution in [0.25, 0.3) is 0 Å². The van der Waals surface area contributed by atoms with Crippen molar-refractivity contribution in [3.63, 3.8) is 0 Å². The maximum atomic E-state index is 13.4. The average molecular weight is 542 g/mol. The van der Waals surface area contributed by atoms with Crippen molar-refractivity contribution in [3.8, 4) is 17.2 Å². The quantitative estimate of drug-likeness (QED) is 0.299. The Hall–Kier alpha value is -4.42. The van der Waals surface area contributed by atoms with E-state index in [1.54, 1.807) is 0 Å². The molecule has 38 heavy (non-hydrogen) atoms. The first-order chi connectivity index (χ1) is 18.0. The summed E-state index contributed by atoms with van der Waals surface area (Å²) in [6.45, 7) is -6.08. The normalized spacial score (nSPS) is 15.6. The Kier molecular flexibility index (Phi) is 7.65. The lowest BCUT2D eigenvalue weighted by atomic mass is 10.1. The molecule has 200 valence electrons. The summed E-state index contributed by atoms with van der Waals surface area (Å²) in [6.07, 6.45) is -3.49. The van der Waals surface area contributed by atoms with Gasteiger partial charge in [0.2, 0.25) is 0 Å². The molecule has 1 heterocycles. The van der Waals surface area contributed by atoms with Gasteiger partial charge in [0, 0.05) is 11.4 Å². The summed E-state index contributed by atoms with van der Waals surface area (Å²) >= 11 is 0. The van der Waals surface area contributed by atoms with E-state index in [1.807, 2.05) is 0 Å². The second-order valence-electron chi connectivity index (χ2n) is 7.72. The van der Waals surface area contributed by atoms with Gasteiger partial charge in [0.15, 0.2) is 0 Å². The Labute approximate surface area is 210 Å². The van der Waals surface area contributed by atoms with Crippen LogP contribution < -0.4 is 24.4 Å². The SMILES string of the molecule is O=C1C(Nc2ccc(OC(F)F)cc2)=CC(c2cccc(OC(F)(F)F)c2)N1c1ccc(OC(F)F)cc1. The number of halogens is 7. The topological polar surface area (TPSA) is 60.0 Å². The first kappa shape index (κ1) is 26.6. The van der Waals surface area contributed by atoms with Gasteiger partial charge < -0.3 is 19.5 Å². The number of anilines is 2. The van der Waals surface area contributed by atoms with Crippen molar-refractivity contribution in [1.82, 2.24) is 0 Å². The molecule has 1 amide bonds. The Bertz CT molecular complexity index is 1300. The molecular formula is C25H17F7N2O4. The molecular weight excluding hydrogens is 525 g/mol. The fraction of sp³-hybridized carbons (Fsp3) is 0.160. The number of carbonyl (C=O) groups is 1. The molecule has 1 atom stereocenters. The summed E-state index contributed by atoms with van der Waals surface area (Å²) in [4.78, 5) is 14.6. The van der Waals surface area contributed by atoms with Gasteiger partial charge in [-0.2, -0.15) is 17.6 Å². The van der Waals surface area contributed by atoms with E-state index in [2.05, 4.69) is 19.5 Å². The molecule has 3 aromatic carbocycles. The summed E-state index contributed by atoms with van der Waals surface area (Å²) in [5.41, 5.74) is 0.845. The highest BCUT2D eigenvalue weighted by Crippen LogP contribution is 2.38. The molecule has 4 rings (SSSR count). The van der Waals surface area contributed by atoms with Crippen molar-refractivity contribution in [2.24, 2.45) is 0 Å². The molecule has 1 aliphatic heterocycles. The second-order valence-corrected chi connectivity index (χ2v) is 7.72. The van der Waals surface area contributed by atoms with Gasteiger partial charge in [-0.05, 0) is 72.3 Å². The van der Waals surface area contributed by atoms with Crippen LogP contribution >= 0.6 is 0 Å². The molecule has 0 spiro atoms. The minimum absolute atomic E-state index is 0.0209. The zero-order valence-corrected chi connectivity index (χ0v) is 19.0. The maximum Gasteiger partial charge on any atom is 0.573 e. The van der Waals surface area contributed by atoms with Gasteiger partial charge in [0.25, 0.3) is 5.91 Å². The number of benzene rings is 3. The zero-order valence-electron chi connectivity index (χ0n) is 19.0. The zero-order chi connectivity index (χ0) is 27.4. The number of nitrogens with one attached hydrogen (secondary N) is 1. The van der Waals surface area contributed by atoms with Crippen LogP contribution in [0.3, 0.4) is 0 Å². The van der Waals surface area contributed by atoms with Gasteiger partial charge in [0.1, 0.15) is 22.9 Å². The number of amides is 1. The van der Waals surface area contributed by atoms with E-state index in [1.165, 1.54) is 71.6 Å². The molecule has 1 aliphatic rings. The van der Waals surface area contributed by atoms with Crippen LogP contribution in [0.2, 0.25) is 0 Å². The van der Waals surface area contributed by atoms with Gasteiger partial charge >= 0.3 is 19.6 Å². The second kappa shape index (κ2) is 10.9. The predicted octanol–water partition coefficient (Wildman–Crippen LogP) is 6.87. The number of hydrogen-bond donors (Lipinski definition) is 1. The lowest BCUT2D eigenvalue weighted by molar-refractivity contribution is -0.274. The summed E-state index contributed by atoms with van der Waals surface area (Å²) in [5, 5.41) is 2.85. The van der Waals surface area contributed by atoms with E-state index < -0.39 is 37.3 Å². The minimum Gasteiger partial charge on any atom is -0.435 e. The van der Waals surface area contributed by atoms with Crippen molar-refractivity contribution in [3.05, 3.63) is 90.1 Å². The monoisotopic (exact) mass is 542 g/mol. The van der Waals surface area contributed by atoms with Gasteiger partial charge in [-0.15, -0.1) is 13.2 Å². The minimum atomic E-state index is -4.94. The Morgan fingerprint density at radius 3 is 1.92 bits per heavy atom. The van der Waals surface area contributed by atoms with Crippen molar-refractivity contribution in [1.29, 1.82) is 0 Å². The van der Waals surface area contributed by atoms with Gasteiger partial charge in [-0.1, -0.05) is 12.1 Å². The smallest absolute Gasteiger partial charge is 0.435 e. The molecule has 1 N–H and O–H groups in total. The fourth-order valence-corrected chi connectivity index (χ4v) is 3.74. The van der Waals surface area contributed by atoms with E-state index in [0.717, 1.165) is 12.1 Å². The Morgan fingerprint density at radius 1 is 0.789 bits per heavy atom. The number of ether oxygens (including phenoxy) is 3. The Balaban J connectivity index is 1.66. The van der Waals surface area contributed by atoms with Crippen LogP contribution in [0.15, 0.2) is 84.6 Å². The highest BCUT2D eigenvalue weighted by molar-refractivity contribution is 6.11. The molecule has 6 nitrogen and oxygen atoms in total. The van der Waals surface area contributed by atoms with Crippen molar-refractivity contribution >= 4 is 17.3 Å². The lowest BCUT2D eigenvalue weighted by Crippen LogP contribution is -2.30. The fourth-order valence-electron chi connectivity index (χ4n) is 3.74. The number of alkyl halides is 7. The third-order valence-electron chi connectivity index (χ3n) is 5.18. The van der Waals surface area contributed by atoms with Crippen molar-refractivity contribution in [2.75, 3.05) is 10.2 Å². The van der Waals surface area contributed by atoms with Crippen molar-refractivity contribution < 1.29 is 49.7 Å². The van der Waals surface area contributed by atoms with Crippen LogP contribution in [0, 0.1) is 0 Å². The molecule has 0 radical (unpaired) electrons. The third-order valence-corrected chi connectivity index (χ3v) is 5.18. The number of rotatable bonds is 9. The first-order valence-electron chi connectivity index (χ1n) is 10.8. The van der Waals surface area contributed by atoms with E-state index in [-0.39, 0.29) is 28.4 Å². The van der Waals surface area contributed by atoms with Crippen LogP contribution in [0.1, 0.15) is 11.6 Å². The van der Waals surface area contributed by atoms with E-state index in [4.69, 9.17) is 0 Å². The van der Waals surface area contributed by atoms with Crippen LogP contribution in [-0.4, -0.2) is 25.5 Å². The van der Waals surface area contributed by atoms with Crippen LogP contribution in [0.4, 0.5) is 42.1 Å². The molecule has 0 saturated carbocycles. The molecule has 13 heteroatoms. The lowest BCUT2D eigenvalue weighted by Gasteiger charge is -2.26. The van der Waals surface area contributed by atoms with Gasteiger partial charge in [-0.3, -0.25) is 9.69 Å². The van der Waals surface area contributed by atoms with Crippen LogP contribution in [0.5, 0.6) is 17.2 Å². The third kappa shape index (κ3) is 6.66. The summed E-state index contributed by atoms with van der Waals surface area (Å²) in [6, 6.07) is 14.5. The van der Waals surface area contributed by atoms with E-state index in [0.29, 0.717) is 5.69 Å². The standard InChI is InChI=1S/C25H17F7N2O4/c26-23(27)36-17-8-4-15(5-9-17)33-20-13-21(14-2-1-3-19(12-14)38-25(30,31)32)34(22(20)35)16-6-10-18(11-7-16)37-24(28)29/h1-13,21,23-24,33H. The molecule has 3 aromatic rings. The summed E-state index contributed by atoms with van der Waals surface area (Å²) in [5.74, 6) is -1.38. The number of carbonyl (C=O) groups excluding carboxylic acids is 1. The number of hydrogen-bond acceptors (Lipinski definition) is 5. The summed E-state index contributed by atoms with van der Waals surface area (Å²) < 4.78 is 101. The predicted molar refractivity (Wildman–Crippen MR) is 121 cm³/mol. The molecule has 1 unspecified atom stereocenters. The van der Waals surface area contributed by atoms with Crippen LogP contribution in [-0.2, 0) is 4.79 Å². The van der Waals surface area contributed by atoms with Gasteiger partial charge in [-0.25, -0.2) is 0 Å². The van der Waals surface area contributed by atoms with Crippen molar-refractivity contribution in [2.45, 2.75) is 25.6 Å². The molecule has 0 aromatic heterocycles. The van der Waals surface area contributed by atoms with E-state index in [9.17, 15) is 35.5 Å². The van der Waals surface area contributed by atoms with E-state index >= 15 is 0 Å². The highest BCUT2D eigenvalue weighted by atomic mass is 19.4. The first-order valence-corrected chi connectivity index (χ1v) is 10.8.